The van der Waals surface area contributed by atoms with Gasteiger partial charge in [-0.15, -0.1) is 0 Å². The standard InChI is InChI=1S/C20H32F3NO3Si2/c1-9-19(20(21,22)23,18(25)27-14-15-28(3,4)5)24(29(6,7)8)16-10-12-17(26-2)13-11-16/h9-13H,1,14-15H2,2-8H3. The maximum Gasteiger partial charge on any atom is 0.425 e. The summed E-state index contributed by atoms with van der Waals surface area (Å²) in [6, 6.07) is 6.78. The lowest BCUT2D eigenvalue weighted by Gasteiger charge is -2.48. The summed E-state index contributed by atoms with van der Waals surface area (Å²) in [5.74, 6) is -0.824. The van der Waals surface area contributed by atoms with Crippen LogP contribution in [-0.2, 0) is 9.53 Å². The molecular formula is C20H32F3NO3Si2. The van der Waals surface area contributed by atoms with E-state index in [4.69, 9.17) is 9.47 Å². The molecule has 0 radical (unpaired) electrons. The fourth-order valence-corrected chi connectivity index (χ4v) is 6.04. The number of hydrogen-bond donors (Lipinski definition) is 0. The van der Waals surface area contributed by atoms with Crippen LogP contribution in [0.25, 0.3) is 0 Å². The highest BCUT2D eigenvalue weighted by atomic mass is 28.3. The Morgan fingerprint density at radius 1 is 1.10 bits per heavy atom. The fraction of sp³-hybridized carbons (Fsp3) is 0.550. The minimum Gasteiger partial charge on any atom is -0.497 e. The number of esters is 1. The van der Waals surface area contributed by atoms with E-state index in [1.54, 1.807) is 31.8 Å². The lowest BCUT2D eigenvalue weighted by atomic mass is 9.98. The average Bonchev–Trinajstić information content (AvgIpc) is 2.56. The SMILES string of the molecule is C=CC(C(=O)OCC[Si](C)(C)C)(N(c1ccc(OC)cc1)[Si](C)(C)C)C(F)(F)F. The molecule has 0 saturated heterocycles. The molecule has 1 unspecified atom stereocenters. The smallest absolute Gasteiger partial charge is 0.425 e. The number of anilines is 1. The van der Waals surface area contributed by atoms with Gasteiger partial charge in [-0.25, -0.2) is 4.79 Å². The van der Waals surface area contributed by atoms with Crippen LogP contribution >= 0.6 is 0 Å². The van der Waals surface area contributed by atoms with Gasteiger partial charge in [0.25, 0.3) is 0 Å². The molecular weight excluding hydrogens is 415 g/mol. The van der Waals surface area contributed by atoms with Crippen LogP contribution in [0.4, 0.5) is 18.9 Å². The third-order valence-corrected chi connectivity index (χ3v) is 8.13. The molecule has 1 aromatic rings. The highest BCUT2D eigenvalue weighted by Crippen LogP contribution is 2.43. The van der Waals surface area contributed by atoms with E-state index in [-0.39, 0.29) is 12.3 Å². The first-order valence-electron chi connectivity index (χ1n) is 9.42. The Morgan fingerprint density at radius 3 is 1.97 bits per heavy atom. The van der Waals surface area contributed by atoms with Gasteiger partial charge in [-0.2, -0.15) is 13.2 Å². The first kappa shape index (κ1) is 25.3. The van der Waals surface area contributed by atoms with Crippen LogP contribution < -0.4 is 9.30 Å². The van der Waals surface area contributed by atoms with Crippen LogP contribution in [0.1, 0.15) is 0 Å². The van der Waals surface area contributed by atoms with Gasteiger partial charge in [-0.3, -0.25) is 0 Å². The number of benzene rings is 1. The van der Waals surface area contributed by atoms with Crippen molar-refractivity contribution in [2.24, 2.45) is 0 Å². The zero-order chi connectivity index (χ0) is 22.7. The highest BCUT2D eigenvalue weighted by molar-refractivity contribution is 6.80. The van der Waals surface area contributed by atoms with Crippen molar-refractivity contribution < 1.29 is 27.4 Å². The third-order valence-electron chi connectivity index (χ3n) is 4.48. The monoisotopic (exact) mass is 447 g/mol. The normalized spacial score (nSPS) is 14.7. The van der Waals surface area contributed by atoms with Crippen LogP contribution in [-0.4, -0.2) is 47.7 Å². The molecule has 29 heavy (non-hydrogen) atoms. The second-order valence-electron chi connectivity index (χ2n) is 9.12. The summed E-state index contributed by atoms with van der Waals surface area (Å²) in [5.41, 5.74) is -2.70. The zero-order valence-electron chi connectivity index (χ0n) is 18.3. The molecule has 0 bridgehead atoms. The number of nitrogens with zero attached hydrogens (tertiary/aromatic N) is 1. The number of halogens is 3. The molecule has 0 amide bonds. The summed E-state index contributed by atoms with van der Waals surface area (Å²) in [6.45, 7) is 14.8. The van der Waals surface area contributed by atoms with Gasteiger partial charge in [0.2, 0.25) is 5.54 Å². The van der Waals surface area contributed by atoms with Crippen molar-refractivity contribution in [2.45, 2.75) is 57.0 Å². The van der Waals surface area contributed by atoms with E-state index in [2.05, 4.69) is 26.2 Å². The summed E-state index contributed by atoms with van der Waals surface area (Å²) in [5, 5.41) is 0. The number of rotatable bonds is 9. The maximum atomic E-state index is 14.5. The summed E-state index contributed by atoms with van der Waals surface area (Å²) in [7, 11) is -2.85. The summed E-state index contributed by atoms with van der Waals surface area (Å²) >= 11 is 0. The predicted molar refractivity (Wildman–Crippen MR) is 117 cm³/mol. The summed E-state index contributed by atoms with van der Waals surface area (Å²) in [4.78, 5) is 13.0. The van der Waals surface area contributed by atoms with Gasteiger partial charge in [-0.1, -0.05) is 45.9 Å². The Balaban J connectivity index is 3.53. The van der Waals surface area contributed by atoms with Crippen molar-refractivity contribution in [1.82, 2.24) is 0 Å². The van der Waals surface area contributed by atoms with E-state index < -0.39 is 34.0 Å². The zero-order valence-corrected chi connectivity index (χ0v) is 20.3. The molecule has 0 aliphatic rings. The lowest BCUT2D eigenvalue weighted by Crippen LogP contribution is -2.70. The Morgan fingerprint density at radius 2 is 1.62 bits per heavy atom. The van der Waals surface area contributed by atoms with Gasteiger partial charge in [0.05, 0.1) is 13.7 Å². The highest BCUT2D eigenvalue weighted by Gasteiger charge is 2.65. The molecule has 0 heterocycles. The quantitative estimate of drug-likeness (QED) is 0.276. The lowest BCUT2D eigenvalue weighted by molar-refractivity contribution is -0.194. The van der Waals surface area contributed by atoms with E-state index in [0.717, 1.165) is 4.57 Å². The van der Waals surface area contributed by atoms with Crippen LogP contribution in [0, 0.1) is 0 Å². The van der Waals surface area contributed by atoms with Crippen molar-refractivity contribution in [3.05, 3.63) is 36.9 Å². The van der Waals surface area contributed by atoms with Gasteiger partial charge in [0.15, 0.2) is 0 Å². The van der Waals surface area contributed by atoms with Crippen LogP contribution in [0.5, 0.6) is 5.75 Å². The average molecular weight is 448 g/mol. The molecule has 9 heteroatoms. The second kappa shape index (κ2) is 8.95. The second-order valence-corrected chi connectivity index (χ2v) is 19.5. The number of methoxy groups -OCH3 is 1. The van der Waals surface area contributed by atoms with Crippen molar-refractivity contribution in [3.63, 3.8) is 0 Å². The molecule has 1 atom stereocenters. The number of hydrogen-bond acceptors (Lipinski definition) is 4. The fourth-order valence-electron chi connectivity index (χ4n) is 3.04. The molecule has 0 aromatic heterocycles. The van der Waals surface area contributed by atoms with E-state index >= 15 is 0 Å². The molecule has 4 nitrogen and oxygen atoms in total. The van der Waals surface area contributed by atoms with Crippen molar-refractivity contribution in [1.29, 1.82) is 0 Å². The molecule has 164 valence electrons. The van der Waals surface area contributed by atoms with Gasteiger partial charge in [0, 0.05) is 13.8 Å². The van der Waals surface area contributed by atoms with E-state index in [1.165, 1.54) is 19.2 Å². The molecule has 0 saturated carbocycles. The number of alkyl halides is 3. The van der Waals surface area contributed by atoms with E-state index in [0.29, 0.717) is 17.9 Å². The molecule has 0 spiro atoms. The molecule has 0 fully saturated rings. The van der Waals surface area contributed by atoms with Crippen molar-refractivity contribution in [2.75, 3.05) is 18.3 Å². The maximum absolute atomic E-state index is 14.5. The molecule has 0 N–H and O–H groups in total. The minimum absolute atomic E-state index is 0.0393. The van der Waals surface area contributed by atoms with E-state index in [9.17, 15) is 18.0 Å². The van der Waals surface area contributed by atoms with Gasteiger partial charge in [0.1, 0.15) is 14.0 Å². The topological polar surface area (TPSA) is 38.8 Å². The third kappa shape index (κ3) is 5.88. The van der Waals surface area contributed by atoms with Crippen molar-refractivity contribution >= 4 is 28.0 Å². The Bertz CT molecular complexity index is 710. The Hall–Kier alpha value is -1.75. The summed E-state index contributed by atoms with van der Waals surface area (Å²) < 4.78 is 54.9. The number of carbonyl (C=O) groups is 1. The van der Waals surface area contributed by atoms with Crippen LogP contribution in [0.2, 0.25) is 45.3 Å². The van der Waals surface area contributed by atoms with Gasteiger partial charge in [-0.05, 0) is 36.4 Å². The number of ether oxygens (including phenoxy) is 2. The largest absolute Gasteiger partial charge is 0.497 e. The Labute approximate surface area is 173 Å². The Kier molecular flexibility index (Phi) is 7.80. The molecule has 0 aliphatic heterocycles. The van der Waals surface area contributed by atoms with Crippen LogP contribution in [0.3, 0.4) is 0 Å². The predicted octanol–water partition coefficient (Wildman–Crippen LogP) is 5.71. The molecule has 1 rings (SSSR count). The van der Waals surface area contributed by atoms with Crippen molar-refractivity contribution in [3.8, 4) is 5.75 Å². The number of carbonyl (C=O) groups excluding carboxylic acids is 1. The first-order chi connectivity index (χ1) is 13.1. The van der Waals surface area contributed by atoms with Crippen LogP contribution in [0.15, 0.2) is 36.9 Å². The summed E-state index contributed by atoms with van der Waals surface area (Å²) in [6.07, 6.45) is -4.24. The minimum atomic E-state index is -4.91. The van der Waals surface area contributed by atoms with Gasteiger partial charge >= 0.3 is 12.1 Å². The van der Waals surface area contributed by atoms with E-state index in [1.807, 2.05) is 0 Å². The molecule has 1 aromatic carbocycles. The first-order valence-corrected chi connectivity index (χ1v) is 16.6. The van der Waals surface area contributed by atoms with Gasteiger partial charge < -0.3 is 14.0 Å². The molecule has 0 aliphatic carbocycles.